The summed E-state index contributed by atoms with van der Waals surface area (Å²) in [5.74, 6) is 0.298. The second-order valence-electron chi connectivity index (χ2n) is 8.03. The molecule has 172 valence electrons. The average molecular weight is 447 g/mol. The Labute approximate surface area is 194 Å². The van der Waals surface area contributed by atoms with E-state index in [-0.39, 0.29) is 6.03 Å². The van der Waals surface area contributed by atoms with Crippen LogP contribution in [-0.4, -0.2) is 56.0 Å². The molecule has 3 aromatic rings. The summed E-state index contributed by atoms with van der Waals surface area (Å²) in [6.45, 7) is 1.78. The molecule has 0 unspecified atom stereocenters. The highest BCUT2D eigenvalue weighted by molar-refractivity contribution is 5.93. The van der Waals surface area contributed by atoms with Gasteiger partial charge in [-0.05, 0) is 67.2 Å². The molecule has 0 aromatic heterocycles. The van der Waals surface area contributed by atoms with Gasteiger partial charge in [-0.25, -0.2) is 4.79 Å². The number of rotatable bonds is 9. The first kappa shape index (κ1) is 23.8. The van der Waals surface area contributed by atoms with E-state index in [1.807, 2.05) is 79.7 Å². The topological polar surface area (TPSA) is 87.9 Å². The normalized spacial score (nSPS) is 10.7. The van der Waals surface area contributed by atoms with Gasteiger partial charge < -0.3 is 25.6 Å². The fraction of sp³-hybridized carbons (Fsp3) is 0.231. The number of nitrogens with one attached hydrogen (secondary N) is 1. The second-order valence-corrected chi connectivity index (χ2v) is 8.03. The highest BCUT2D eigenvalue weighted by Crippen LogP contribution is 2.23. The number of hydrogen-bond acceptors (Lipinski definition) is 4. The number of anilines is 1. The van der Waals surface area contributed by atoms with E-state index in [2.05, 4.69) is 5.32 Å². The number of carbonyl (C=O) groups excluding carboxylic acids is 2. The minimum atomic E-state index is -0.462. The van der Waals surface area contributed by atoms with Crippen molar-refractivity contribution in [2.24, 2.45) is 5.73 Å². The summed E-state index contributed by atoms with van der Waals surface area (Å²) < 4.78 is 5.31. The number of nitrogens with two attached hydrogens (primary N) is 1. The Bertz CT molecular complexity index is 1100. The lowest BCUT2D eigenvalue weighted by atomic mass is 10.0. The fourth-order valence-electron chi connectivity index (χ4n) is 3.37. The zero-order valence-corrected chi connectivity index (χ0v) is 19.2. The van der Waals surface area contributed by atoms with E-state index in [0.717, 1.165) is 29.0 Å². The van der Waals surface area contributed by atoms with Gasteiger partial charge in [-0.1, -0.05) is 36.4 Å². The van der Waals surface area contributed by atoms with Gasteiger partial charge in [-0.2, -0.15) is 0 Å². The molecule has 3 amide bonds. The Morgan fingerprint density at radius 3 is 2.30 bits per heavy atom. The van der Waals surface area contributed by atoms with Crippen LogP contribution >= 0.6 is 0 Å². The van der Waals surface area contributed by atoms with Crippen LogP contribution in [0.4, 0.5) is 10.5 Å². The molecule has 7 heteroatoms. The molecular formula is C26H30N4O3. The monoisotopic (exact) mass is 446 g/mol. The van der Waals surface area contributed by atoms with E-state index in [1.54, 1.807) is 24.1 Å². The van der Waals surface area contributed by atoms with Gasteiger partial charge in [-0.15, -0.1) is 0 Å². The minimum absolute atomic E-state index is 0.180. The standard InChI is InChI=1S/C26H30N4O3/c1-29(2)14-15-30(18-19-6-4-9-24(16-19)33-3)26(32)28-23-8-5-7-22(17-23)20-10-12-21(13-11-20)25(27)31/h4-13,16-17H,14-15,18H2,1-3H3,(H2,27,31)(H,28,32). The molecule has 33 heavy (non-hydrogen) atoms. The van der Waals surface area contributed by atoms with Crippen molar-refractivity contribution in [2.75, 3.05) is 39.6 Å². The van der Waals surface area contributed by atoms with Crippen LogP contribution in [-0.2, 0) is 6.54 Å². The maximum atomic E-state index is 13.2. The predicted molar refractivity (Wildman–Crippen MR) is 131 cm³/mol. The summed E-state index contributed by atoms with van der Waals surface area (Å²) in [5.41, 5.74) is 9.32. The Balaban J connectivity index is 1.76. The minimum Gasteiger partial charge on any atom is -0.497 e. The molecule has 0 heterocycles. The molecular weight excluding hydrogens is 416 g/mol. The van der Waals surface area contributed by atoms with Crippen molar-refractivity contribution >= 4 is 17.6 Å². The number of primary amides is 1. The first-order valence-corrected chi connectivity index (χ1v) is 10.7. The smallest absolute Gasteiger partial charge is 0.322 e. The lowest BCUT2D eigenvalue weighted by Crippen LogP contribution is -2.39. The molecule has 3 aromatic carbocycles. The maximum absolute atomic E-state index is 13.2. The predicted octanol–water partition coefficient (Wildman–Crippen LogP) is 4.06. The number of benzene rings is 3. The number of amides is 3. The van der Waals surface area contributed by atoms with Gasteiger partial charge in [0.15, 0.2) is 0 Å². The third kappa shape index (κ3) is 6.82. The van der Waals surface area contributed by atoms with Gasteiger partial charge in [0.1, 0.15) is 5.75 Å². The maximum Gasteiger partial charge on any atom is 0.322 e. The van der Waals surface area contributed by atoms with Gasteiger partial charge in [0.05, 0.1) is 7.11 Å². The third-order valence-corrected chi connectivity index (χ3v) is 5.23. The molecule has 7 nitrogen and oxygen atoms in total. The highest BCUT2D eigenvalue weighted by atomic mass is 16.5. The van der Waals surface area contributed by atoms with Crippen molar-refractivity contribution in [3.8, 4) is 16.9 Å². The fourth-order valence-corrected chi connectivity index (χ4v) is 3.37. The molecule has 3 rings (SSSR count). The summed E-state index contributed by atoms with van der Waals surface area (Å²) in [6, 6.07) is 22.2. The summed E-state index contributed by atoms with van der Waals surface area (Å²) in [4.78, 5) is 28.3. The van der Waals surface area contributed by atoms with Crippen LogP contribution in [0.2, 0.25) is 0 Å². The number of methoxy groups -OCH3 is 1. The number of urea groups is 1. The molecule has 0 spiro atoms. The van der Waals surface area contributed by atoms with E-state index in [0.29, 0.717) is 24.3 Å². The number of ether oxygens (including phenoxy) is 1. The first-order valence-electron chi connectivity index (χ1n) is 10.7. The molecule has 0 aliphatic heterocycles. The number of likely N-dealkylation sites (N-methyl/N-ethyl adjacent to an activating group) is 1. The SMILES string of the molecule is COc1cccc(CN(CCN(C)C)C(=O)Nc2cccc(-c3ccc(C(N)=O)cc3)c2)c1. The van der Waals surface area contributed by atoms with Crippen LogP contribution in [0.1, 0.15) is 15.9 Å². The third-order valence-electron chi connectivity index (χ3n) is 5.23. The largest absolute Gasteiger partial charge is 0.497 e. The molecule has 0 radical (unpaired) electrons. The summed E-state index contributed by atoms with van der Waals surface area (Å²) in [6.07, 6.45) is 0. The molecule has 0 saturated carbocycles. The van der Waals surface area contributed by atoms with Crippen molar-refractivity contribution in [1.29, 1.82) is 0 Å². The quantitative estimate of drug-likeness (QED) is 0.519. The molecule has 0 aliphatic carbocycles. The summed E-state index contributed by atoms with van der Waals surface area (Å²) in [7, 11) is 5.59. The molecule has 0 bridgehead atoms. The Hall–Kier alpha value is -3.84. The Morgan fingerprint density at radius 1 is 0.909 bits per heavy atom. The van der Waals surface area contributed by atoms with Gasteiger partial charge in [0, 0.05) is 30.9 Å². The van der Waals surface area contributed by atoms with Gasteiger partial charge in [-0.3, -0.25) is 4.79 Å². The Morgan fingerprint density at radius 2 is 1.64 bits per heavy atom. The van der Waals surface area contributed by atoms with Crippen molar-refractivity contribution in [3.63, 3.8) is 0 Å². The first-order chi connectivity index (χ1) is 15.9. The molecule has 0 aliphatic rings. The number of carbonyl (C=O) groups is 2. The Kier molecular flexibility index (Phi) is 8.05. The van der Waals surface area contributed by atoms with Crippen LogP contribution < -0.4 is 15.8 Å². The van der Waals surface area contributed by atoms with Gasteiger partial charge >= 0.3 is 6.03 Å². The molecule has 0 atom stereocenters. The van der Waals surface area contributed by atoms with E-state index < -0.39 is 5.91 Å². The second kappa shape index (κ2) is 11.2. The van der Waals surface area contributed by atoms with Crippen LogP contribution in [0.3, 0.4) is 0 Å². The van der Waals surface area contributed by atoms with Crippen LogP contribution in [0.25, 0.3) is 11.1 Å². The van der Waals surface area contributed by atoms with E-state index in [4.69, 9.17) is 10.5 Å². The van der Waals surface area contributed by atoms with Crippen LogP contribution in [0, 0.1) is 0 Å². The average Bonchev–Trinajstić information content (AvgIpc) is 2.82. The number of nitrogens with zero attached hydrogens (tertiary/aromatic N) is 2. The number of hydrogen-bond donors (Lipinski definition) is 2. The summed E-state index contributed by atoms with van der Waals surface area (Å²) in [5, 5.41) is 3.02. The van der Waals surface area contributed by atoms with Gasteiger partial charge in [0.25, 0.3) is 0 Å². The van der Waals surface area contributed by atoms with Crippen molar-refractivity contribution in [3.05, 3.63) is 83.9 Å². The van der Waals surface area contributed by atoms with Gasteiger partial charge in [0.2, 0.25) is 5.91 Å². The zero-order chi connectivity index (χ0) is 23.8. The van der Waals surface area contributed by atoms with Crippen LogP contribution in [0.5, 0.6) is 5.75 Å². The van der Waals surface area contributed by atoms with E-state index in [9.17, 15) is 9.59 Å². The lowest BCUT2D eigenvalue weighted by Gasteiger charge is -2.25. The van der Waals surface area contributed by atoms with Crippen molar-refractivity contribution in [2.45, 2.75) is 6.54 Å². The van der Waals surface area contributed by atoms with Crippen molar-refractivity contribution < 1.29 is 14.3 Å². The van der Waals surface area contributed by atoms with E-state index >= 15 is 0 Å². The highest BCUT2D eigenvalue weighted by Gasteiger charge is 2.15. The molecule has 0 fully saturated rings. The van der Waals surface area contributed by atoms with E-state index in [1.165, 1.54) is 0 Å². The lowest BCUT2D eigenvalue weighted by molar-refractivity contribution is 0.1000. The van der Waals surface area contributed by atoms with Crippen molar-refractivity contribution in [1.82, 2.24) is 9.80 Å². The molecule has 3 N–H and O–H groups in total. The molecule has 0 saturated heterocycles. The van der Waals surface area contributed by atoms with Crippen LogP contribution in [0.15, 0.2) is 72.8 Å². The zero-order valence-electron chi connectivity index (χ0n) is 19.2. The summed E-state index contributed by atoms with van der Waals surface area (Å²) >= 11 is 0.